The number of halogens is 1. The van der Waals surface area contributed by atoms with E-state index in [1.807, 2.05) is 6.07 Å². The molecule has 2 heterocycles. The highest BCUT2D eigenvalue weighted by molar-refractivity contribution is 6.31. The molecule has 0 bridgehead atoms. The maximum atomic E-state index is 9.13. The predicted molar refractivity (Wildman–Crippen MR) is 62.8 cm³/mol. The molecule has 0 spiro atoms. The van der Waals surface area contributed by atoms with E-state index >= 15 is 0 Å². The molecule has 5 heteroatoms. The summed E-state index contributed by atoms with van der Waals surface area (Å²) >= 11 is 5.89. The molecule has 16 heavy (non-hydrogen) atoms. The standard InChI is InChI=1S/C11H15ClN2O2/c1-16-9-2-3-14(6-9)11-4-8(7-15)10(12)5-13-11/h4-5,9,15H,2-3,6-7H2,1H3. The van der Waals surface area contributed by atoms with Gasteiger partial charge >= 0.3 is 0 Å². The van der Waals surface area contributed by atoms with Crippen LogP contribution < -0.4 is 4.90 Å². The monoisotopic (exact) mass is 242 g/mol. The number of aliphatic hydroxyl groups excluding tert-OH is 1. The number of aromatic nitrogens is 1. The first-order valence-electron chi connectivity index (χ1n) is 5.27. The number of anilines is 1. The maximum Gasteiger partial charge on any atom is 0.129 e. The lowest BCUT2D eigenvalue weighted by molar-refractivity contribution is 0.121. The Labute approximate surface area is 99.8 Å². The lowest BCUT2D eigenvalue weighted by Gasteiger charge is -2.17. The van der Waals surface area contributed by atoms with Gasteiger partial charge in [0.25, 0.3) is 0 Å². The molecule has 1 unspecified atom stereocenters. The SMILES string of the molecule is COC1CCN(c2cc(CO)c(Cl)cn2)C1. The third kappa shape index (κ3) is 2.29. The first-order valence-corrected chi connectivity index (χ1v) is 5.65. The molecule has 1 N–H and O–H groups in total. The zero-order chi connectivity index (χ0) is 11.5. The van der Waals surface area contributed by atoms with E-state index in [2.05, 4.69) is 9.88 Å². The van der Waals surface area contributed by atoms with Crippen LogP contribution in [0.15, 0.2) is 12.3 Å². The zero-order valence-electron chi connectivity index (χ0n) is 9.19. The summed E-state index contributed by atoms with van der Waals surface area (Å²) in [5.74, 6) is 0.855. The van der Waals surface area contributed by atoms with Gasteiger partial charge in [-0.25, -0.2) is 4.98 Å². The van der Waals surface area contributed by atoms with Gasteiger partial charge in [-0.3, -0.25) is 0 Å². The molecule has 1 atom stereocenters. The van der Waals surface area contributed by atoms with Crippen molar-refractivity contribution in [3.05, 3.63) is 22.8 Å². The number of pyridine rings is 1. The third-order valence-electron chi connectivity index (χ3n) is 2.89. The van der Waals surface area contributed by atoms with Gasteiger partial charge in [0.2, 0.25) is 0 Å². The van der Waals surface area contributed by atoms with Crippen LogP contribution in [0, 0.1) is 0 Å². The van der Waals surface area contributed by atoms with Crippen molar-refractivity contribution >= 4 is 17.4 Å². The van der Waals surface area contributed by atoms with Crippen molar-refractivity contribution in [3.8, 4) is 0 Å². The maximum absolute atomic E-state index is 9.13. The van der Waals surface area contributed by atoms with Crippen molar-refractivity contribution in [2.45, 2.75) is 19.1 Å². The van der Waals surface area contributed by atoms with Crippen molar-refractivity contribution in [1.29, 1.82) is 0 Å². The largest absolute Gasteiger partial charge is 0.392 e. The van der Waals surface area contributed by atoms with Crippen LogP contribution in [0.25, 0.3) is 0 Å². The number of methoxy groups -OCH3 is 1. The molecule has 2 rings (SSSR count). The smallest absolute Gasteiger partial charge is 0.129 e. The Morgan fingerprint density at radius 2 is 2.50 bits per heavy atom. The van der Waals surface area contributed by atoms with Crippen molar-refractivity contribution in [2.75, 3.05) is 25.1 Å². The van der Waals surface area contributed by atoms with Gasteiger partial charge in [0, 0.05) is 32.0 Å². The lowest BCUT2D eigenvalue weighted by atomic mass is 10.2. The van der Waals surface area contributed by atoms with E-state index in [4.69, 9.17) is 21.4 Å². The van der Waals surface area contributed by atoms with Crippen LogP contribution in [-0.4, -0.2) is 36.4 Å². The summed E-state index contributed by atoms with van der Waals surface area (Å²) in [4.78, 5) is 6.41. The van der Waals surface area contributed by atoms with E-state index in [-0.39, 0.29) is 12.7 Å². The number of aliphatic hydroxyl groups is 1. The minimum absolute atomic E-state index is 0.0596. The molecule has 1 saturated heterocycles. The van der Waals surface area contributed by atoms with Crippen LogP contribution in [0.4, 0.5) is 5.82 Å². The van der Waals surface area contributed by atoms with Crippen LogP contribution in [0.5, 0.6) is 0 Å². The summed E-state index contributed by atoms with van der Waals surface area (Å²) in [5, 5.41) is 9.64. The van der Waals surface area contributed by atoms with E-state index in [1.54, 1.807) is 13.3 Å². The van der Waals surface area contributed by atoms with E-state index in [1.165, 1.54) is 0 Å². The molecule has 0 amide bonds. The summed E-state index contributed by atoms with van der Waals surface area (Å²) in [6, 6.07) is 1.83. The second-order valence-electron chi connectivity index (χ2n) is 3.88. The Balaban J connectivity index is 2.15. The molecule has 1 aromatic rings. The molecule has 0 aliphatic carbocycles. The normalized spacial score (nSPS) is 20.4. The van der Waals surface area contributed by atoms with Crippen molar-refractivity contribution in [2.24, 2.45) is 0 Å². The number of hydrogen-bond donors (Lipinski definition) is 1. The molecular formula is C11H15ClN2O2. The molecule has 88 valence electrons. The highest BCUT2D eigenvalue weighted by atomic mass is 35.5. The molecule has 4 nitrogen and oxygen atoms in total. The minimum Gasteiger partial charge on any atom is -0.392 e. The molecule has 0 radical (unpaired) electrons. The highest BCUT2D eigenvalue weighted by Crippen LogP contribution is 2.24. The second-order valence-corrected chi connectivity index (χ2v) is 4.29. The number of ether oxygens (including phenoxy) is 1. The molecule has 1 fully saturated rings. The Bertz CT molecular complexity index is 373. The average molecular weight is 243 g/mol. The lowest BCUT2D eigenvalue weighted by Crippen LogP contribution is -2.23. The van der Waals surface area contributed by atoms with E-state index in [0.717, 1.165) is 25.3 Å². The van der Waals surface area contributed by atoms with Crippen LogP contribution >= 0.6 is 11.6 Å². The first-order chi connectivity index (χ1) is 7.74. The van der Waals surface area contributed by atoms with Crippen molar-refractivity contribution in [3.63, 3.8) is 0 Å². The zero-order valence-corrected chi connectivity index (χ0v) is 9.94. The Kier molecular flexibility index (Phi) is 3.63. The van der Waals surface area contributed by atoms with Gasteiger partial charge in [-0.2, -0.15) is 0 Å². The summed E-state index contributed by atoms with van der Waals surface area (Å²) in [7, 11) is 1.72. The summed E-state index contributed by atoms with van der Waals surface area (Å²) in [6.45, 7) is 1.71. The Morgan fingerprint density at radius 3 is 3.12 bits per heavy atom. The summed E-state index contributed by atoms with van der Waals surface area (Å²) in [6.07, 6.45) is 2.87. The van der Waals surface area contributed by atoms with Crippen LogP contribution in [0.3, 0.4) is 0 Å². The molecular weight excluding hydrogens is 228 g/mol. The predicted octanol–water partition coefficient (Wildman–Crippen LogP) is 1.45. The molecule has 1 aliphatic heterocycles. The van der Waals surface area contributed by atoms with Gasteiger partial charge in [-0.05, 0) is 12.5 Å². The molecule has 0 aromatic carbocycles. The van der Waals surface area contributed by atoms with Gasteiger partial charge in [0.05, 0.1) is 17.7 Å². The minimum atomic E-state index is -0.0596. The van der Waals surface area contributed by atoms with E-state index in [0.29, 0.717) is 10.6 Å². The van der Waals surface area contributed by atoms with Crippen LogP contribution in [-0.2, 0) is 11.3 Å². The molecule has 1 aromatic heterocycles. The van der Waals surface area contributed by atoms with Gasteiger partial charge in [0.1, 0.15) is 5.82 Å². The fourth-order valence-corrected chi connectivity index (χ4v) is 2.05. The summed E-state index contributed by atoms with van der Waals surface area (Å²) < 4.78 is 5.30. The number of rotatable bonds is 3. The fraction of sp³-hybridized carbons (Fsp3) is 0.545. The van der Waals surface area contributed by atoms with Crippen molar-refractivity contribution < 1.29 is 9.84 Å². The van der Waals surface area contributed by atoms with Gasteiger partial charge in [-0.15, -0.1) is 0 Å². The van der Waals surface area contributed by atoms with E-state index < -0.39 is 0 Å². The highest BCUT2D eigenvalue weighted by Gasteiger charge is 2.23. The Morgan fingerprint density at radius 1 is 1.69 bits per heavy atom. The van der Waals surface area contributed by atoms with Crippen molar-refractivity contribution in [1.82, 2.24) is 4.98 Å². The van der Waals surface area contributed by atoms with Crippen LogP contribution in [0.2, 0.25) is 5.02 Å². The number of hydrogen-bond acceptors (Lipinski definition) is 4. The number of nitrogens with zero attached hydrogens (tertiary/aromatic N) is 2. The quantitative estimate of drug-likeness (QED) is 0.872. The van der Waals surface area contributed by atoms with Crippen LogP contribution in [0.1, 0.15) is 12.0 Å². The van der Waals surface area contributed by atoms with E-state index in [9.17, 15) is 0 Å². The molecule has 0 saturated carbocycles. The third-order valence-corrected chi connectivity index (χ3v) is 3.23. The summed E-state index contributed by atoms with van der Waals surface area (Å²) in [5.41, 5.74) is 0.715. The van der Waals surface area contributed by atoms with Gasteiger partial charge in [0.15, 0.2) is 0 Å². The Hall–Kier alpha value is -0.840. The topological polar surface area (TPSA) is 45.6 Å². The average Bonchev–Trinajstić information content (AvgIpc) is 2.78. The first kappa shape index (κ1) is 11.6. The van der Waals surface area contributed by atoms with Gasteiger partial charge < -0.3 is 14.7 Å². The molecule has 1 aliphatic rings. The second kappa shape index (κ2) is 4.99. The fourth-order valence-electron chi connectivity index (χ4n) is 1.89. The van der Waals surface area contributed by atoms with Gasteiger partial charge in [-0.1, -0.05) is 11.6 Å².